The van der Waals surface area contributed by atoms with Crippen molar-refractivity contribution in [1.82, 2.24) is 10.2 Å². The number of aromatic amines is 1. The van der Waals surface area contributed by atoms with Crippen molar-refractivity contribution in [1.29, 1.82) is 0 Å². The fourth-order valence-electron chi connectivity index (χ4n) is 1.80. The molecule has 0 fully saturated rings. The summed E-state index contributed by atoms with van der Waals surface area (Å²) in [7, 11) is 0. The lowest BCUT2D eigenvalue weighted by molar-refractivity contribution is 0.567. The van der Waals surface area contributed by atoms with Crippen molar-refractivity contribution in [3.05, 3.63) is 53.3 Å². The molecule has 0 bridgehead atoms. The Kier molecular flexibility index (Phi) is 3.32. The summed E-state index contributed by atoms with van der Waals surface area (Å²) < 4.78 is 0. The van der Waals surface area contributed by atoms with Gasteiger partial charge in [0.25, 0.3) is 0 Å². The van der Waals surface area contributed by atoms with E-state index in [9.17, 15) is 0 Å². The van der Waals surface area contributed by atoms with Gasteiger partial charge in [-0.25, -0.2) is 0 Å². The summed E-state index contributed by atoms with van der Waals surface area (Å²) in [5.74, 6) is 0. The van der Waals surface area contributed by atoms with E-state index in [4.69, 9.17) is 0 Å². The number of aryl methyl sites for hydroxylation is 2. The molecule has 90 valence electrons. The van der Waals surface area contributed by atoms with Crippen LogP contribution in [0.25, 0.3) is 0 Å². The van der Waals surface area contributed by atoms with Gasteiger partial charge < -0.3 is 0 Å². The van der Waals surface area contributed by atoms with Crippen molar-refractivity contribution in [2.45, 2.75) is 39.0 Å². The van der Waals surface area contributed by atoms with E-state index in [-0.39, 0.29) is 5.41 Å². The molecule has 1 aromatic carbocycles. The van der Waals surface area contributed by atoms with Crippen LogP contribution in [0.1, 0.15) is 37.7 Å². The Morgan fingerprint density at radius 1 is 1.06 bits per heavy atom. The van der Waals surface area contributed by atoms with E-state index in [1.165, 1.54) is 11.3 Å². The van der Waals surface area contributed by atoms with E-state index in [0.29, 0.717) is 0 Å². The number of hydrogen-bond acceptors (Lipinski definition) is 1. The average molecular weight is 228 g/mol. The molecule has 0 aliphatic rings. The molecule has 2 nitrogen and oxygen atoms in total. The second-order valence-corrected chi connectivity index (χ2v) is 5.51. The van der Waals surface area contributed by atoms with Gasteiger partial charge in [-0.15, -0.1) is 0 Å². The summed E-state index contributed by atoms with van der Waals surface area (Å²) in [5, 5.41) is 7.51. The lowest BCUT2D eigenvalue weighted by Gasteiger charge is -2.13. The molecule has 0 saturated heterocycles. The highest BCUT2D eigenvalue weighted by atomic mass is 15.1. The van der Waals surface area contributed by atoms with E-state index < -0.39 is 0 Å². The van der Waals surface area contributed by atoms with E-state index in [1.807, 2.05) is 0 Å². The fraction of sp³-hybridized carbons (Fsp3) is 0.400. The second kappa shape index (κ2) is 4.74. The molecule has 2 aromatic rings. The molecule has 0 spiro atoms. The number of aromatic nitrogens is 2. The minimum absolute atomic E-state index is 0.126. The minimum atomic E-state index is 0.126. The molecule has 0 aliphatic heterocycles. The van der Waals surface area contributed by atoms with Crippen molar-refractivity contribution < 1.29 is 0 Å². The zero-order chi connectivity index (χ0) is 12.3. The third-order valence-electron chi connectivity index (χ3n) is 2.93. The van der Waals surface area contributed by atoms with Crippen LogP contribution in [0, 0.1) is 0 Å². The first kappa shape index (κ1) is 11.9. The lowest BCUT2D eigenvalue weighted by Crippen LogP contribution is -2.11. The lowest BCUT2D eigenvalue weighted by atomic mass is 9.92. The monoisotopic (exact) mass is 228 g/mol. The van der Waals surface area contributed by atoms with Crippen LogP contribution in [-0.4, -0.2) is 10.2 Å². The summed E-state index contributed by atoms with van der Waals surface area (Å²) in [6, 6.07) is 12.7. The highest BCUT2D eigenvalue weighted by Crippen LogP contribution is 2.20. The van der Waals surface area contributed by atoms with E-state index in [1.54, 1.807) is 0 Å². The Bertz CT molecular complexity index is 463. The Morgan fingerprint density at radius 3 is 2.35 bits per heavy atom. The van der Waals surface area contributed by atoms with Gasteiger partial charge in [0, 0.05) is 11.1 Å². The normalized spacial score (nSPS) is 11.7. The SMILES string of the molecule is CC(C)(C)c1cc(CCc2ccccc2)[nH]n1. The Morgan fingerprint density at radius 2 is 1.76 bits per heavy atom. The minimum Gasteiger partial charge on any atom is -0.282 e. The van der Waals surface area contributed by atoms with Gasteiger partial charge in [0.2, 0.25) is 0 Å². The number of benzene rings is 1. The van der Waals surface area contributed by atoms with Gasteiger partial charge in [0.15, 0.2) is 0 Å². The largest absolute Gasteiger partial charge is 0.282 e. The maximum absolute atomic E-state index is 4.37. The molecular weight excluding hydrogens is 208 g/mol. The molecule has 0 unspecified atom stereocenters. The summed E-state index contributed by atoms with van der Waals surface area (Å²) in [5.41, 5.74) is 3.86. The summed E-state index contributed by atoms with van der Waals surface area (Å²) >= 11 is 0. The number of nitrogens with one attached hydrogen (secondary N) is 1. The molecule has 1 N–H and O–H groups in total. The van der Waals surface area contributed by atoms with Gasteiger partial charge in [-0.3, -0.25) is 5.10 Å². The first-order valence-electron chi connectivity index (χ1n) is 6.14. The second-order valence-electron chi connectivity index (χ2n) is 5.51. The first-order valence-corrected chi connectivity index (χ1v) is 6.14. The number of nitrogens with zero attached hydrogens (tertiary/aromatic N) is 1. The first-order chi connectivity index (χ1) is 8.05. The average Bonchev–Trinajstić information content (AvgIpc) is 2.76. The molecule has 0 aliphatic carbocycles. The van der Waals surface area contributed by atoms with Crippen LogP contribution in [0.4, 0.5) is 0 Å². The maximum Gasteiger partial charge on any atom is 0.0678 e. The van der Waals surface area contributed by atoms with Gasteiger partial charge in [0.1, 0.15) is 0 Å². The van der Waals surface area contributed by atoms with Crippen LogP contribution in [0.5, 0.6) is 0 Å². The van der Waals surface area contributed by atoms with Crippen LogP contribution in [-0.2, 0) is 18.3 Å². The molecule has 0 atom stereocenters. The molecule has 1 heterocycles. The smallest absolute Gasteiger partial charge is 0.0678 e. The van der Waals surface area contributed by atoms with E-state index in [0.717, 1.165) is 18.5 Å². The third-order valence-corrected chi connectivity index (χ3v) is 2.93. The predicted molar refractivity (Wildman–Crippen MR) is 71.1 cm³/mol. The molecular formula is C15H20N2. The van der Waals surface area contributed by atoms with Gasteiger partial charge in [-0.05, 0) is 24.5 Å². The Balaban J connectivity index is 1.99. The predicted octanol–water partition coefficient (Wildman–Crippen LogP) is 3.49. The Labute approximate surface area is 103 Å². The molecule has 0 radical (unpaired) electrons. The highest BCUT2D eigenvalue weighted by molar-refractivity contribution is 5.19. The van der Waals surface area contributed by atoms with Crippen LogP contribution >= 0.6 is 0 Å². The van der Waals surface area contributed by atoms with Crippen molar-refractivity contribution in [2.75, 3.05) is 0 Å². The van der Waals surface area contributed by atoms with Crippen LogP contribution in [0.2, 0.25) is 0 Å². The van der Waals surface area contributed by atoms with Crippen molar-refractivity contribution in [3.63, 3.8) is 0 Å². The van der Waals surface area contributed by atoms with Crippen molar-refractivity contribution in [2.24, 2.45) is 0 Å². The van der Waals surface area contributed by atoms with Crippen LogP contribution in [0.3, 0.4) is 0 Å². The number of hydrogen-bond donors (Lipinski definition) is 1. The van der Waals surface area contributed by atoms with E-state index >= 15 is 0 Å². The highest BCUT2D eigenvalue weighted by Gasteiger charge is 2.16. The number of H-pyrrole nitrogens is 1. The topological polar surface area (TPSA) is 28.7 Å². The van der Waals surface area contributed by atoms with Crippen molar-refractivity contribution >= 4 is 0 Å². The third kappa shape index (κ3) is 3.19. The zero-order valence-corrected chi connectivity index (χ0v) is 10.8. The molecule has 2 rings (SSSR count). The quantitative estimate of drug-likeness (QED) is 0.856. The summed E-state index contributed by atoms with van der Waals surface area (Å²) in [6.07, 6.45) is 2.08. The molecule has 17 heavy (non-hydrogen) atoms. The molecule has 0 amide bonds. The molecule has 2 heteroatoms. The van der Waals surface area contributed by atoms with Crippen LogP contribution in [0.15, 0.2) is 36.4 Å². The number of rotatable bonds is 3. The van der Waals surface area contributed by atoms with Gasteiger partial charge in [-0.1, -0.05) is 51.1 Å². The van der Waals surface area contributed by atoms with E-state index in [2.05, 4.69) is 67.4 Å². The van der Waals surface area contributed by atoms with Gasteiger partial charge >= 0.3 is 0 Å². The standard InChI is InChI=1S/C15H20N2/c1-15(2,3)14-11-13(16-17-14)10-9-12-7-5-4-6-8-12/h4-8,11H,9-10H2,1-3H3,(H,16,17). The van der Waals surface area contributed by atoms with Gasteiger partial charge in [0.05, 0.1) is 5.69 Å². The maximum atomic E-state index is 4.37. The Hall–Kier alpha value is -1.57. The molecule has 1 aromatic heterocycles. The van der Waals surface area contributed by atoms with Gasteiger partial charge in [-0.2, -0.15) is 5.10 Å². The zero-order valence-electron chi connectivity index (χ0n) is 10.8. The summed E-state index contributed by atoms with van der Waals surface area (Å²) in [4.78, 5) is 0. The summed E-state index contributed by atoms with van der Waals surface area (Å²) in [6.45, 7) is 6.55. The van der Waals surface area contributed by atoms with Crippen LogP contribution < -0.4 is 0 Å². The van der Waals surface area contributed by atoms with Crippen molar-refractivity contribution in [3.8, 4) is 0 Å². The molecule has 0 saturated carbocycles. The fourth-order valence-corrected chi connectivity index (χ4v) is 1.80.